The van der Waals surface area contributed by atoms with Gasteiger partial charge in [0.1, 0.15) is 0 Å². The second kappa shape index (κ2) is 4.52. The van der Waals surface area contributed by atoms with Gasteiger partial charge in [-0.3, -0.25) is 4.79 Å². The van der Waals surface area contributed by atoms with Crippen molar-refractivity contribution in [3.63, 3.8) is 0 Å². The summed E-state index contributed by atoms with van der Waals surface area (Å²) in [6, 6.07) is 15.2. The van der Waals surface area contributed by atoms with E-state index in [1.54, 1.807) is 12.1 Å². The number of aryl methyl sites for hydroxylation is 1. The summed E-state index contributed by atoms with van der Waals surface area (Å²) in [5.41, 5.74) is 3.47. The average Bonchev–Trinajstić information content (AvgIpc) is 2.65. The Balaban J connectivity index is 1.90. The highest BCUT2D eigenvalue weighted by atomic mass is 16.3. The zero-order chi connectivity index (χ0) is 13.4. The third-order valence-corrected chi connectivity index (χ3v) is 3.46. The average molecular weight is 253 g/mol. The summed E-state index contributed by atoms with van der Waals surface area (Å²) in [5, 5.41) is 10.2. The van der Waals surface area contributed by atoms with Crippen LogP contribution in [0.15, 0.2) is 48.5 Å². The molecule has 1 amide bonds. The molecule has 1 aliphatic heterocycles. The van der Waals surface area contributed by atoms with Gasteiger partial charge in [0.25, 0.3) is 5.91 Å². The SMILES string of the molecule is Cc1cccc(CN2C(=O)c3ccccc3C2O)c1. The first kappa shape index (κ1) is 11.9. The molecule has 0 aromatic heterocycles. The number of rotatable bonds is 2. The molecule has 0 aliphatic carbocycles. The fourth-order valence-electron chi connectivity index (χ4n) is 2.52. The smallest absolute Gasteiger partial charge is 0.256 e. The van der Waals surface area contributed by atoms with Gasteiger partial charge in [-0.05, 0) is 18.6 Å². The second-order valence-corrected chi connectivity index (χ2v) is 4.88. The Hall–Kier alpha value is -2.13. The molecule has 0 bridgehead atoms. The van der Waals surface area contributed by atoms with Gasteiger partial charge in [-0.1, -0.05) is 48.0 Å². The van der Waals surface area contributed by atoms with E-state index in [1.165, 1.54) is 4.90 Å². The molecule has 0 fully saturated rings. The van der Waals surface area contributed by atoms with Gasteiger partial charge in [0.2, 0.25) is 0 Å². The van der Waals surface area contributed by atoms with E-state index in [1.807, 2.05) is 43.3 Å². The first-order chi connectivity index (χ1) is 9.16. The van der Waals surface area contributed by atoms with Gasteiger partial charge in [-0.2, -0.15) is 0 Å². The maximum atomic E-state index is 12.3. The van der Waals surface area contributed by atoms with E-state index in [0.29, 0.717) is 17.7 Å². The minimum atomic E-state index is -0.843. The van der Waals surface area contributed by atoms with Crippen molar-refractivity contribution < 1.29 is 9.90 Å². The number of carbonyl (C=O) groups excluding carboxylic acids is 1. The fraction of sp³-hybridized carbons (Fsp3) is 0.188. The van der Waals surface area contributed by atoms with Crippen molar-refractivity contribution in [3.05, 3.63) is 70.8 Å². The van der Waals surface area contributed by atoms with Gasteiger partial charge in [0.15, 0.2) is 6.23 Å². The third kappa shape index (κ3) is 2.02. The van der Waals surface area contributed by atoms with E-state index in [2.05, 4.69) is 0 Å². The zero-order valence-electron chi connectivity index (χ0n) is 10.7. The van der Waals surface area contributed by atoms with Crippen LogP contribution in [0.25, 0.3) is 0 Å². The van der Waals surface area contributed by atoms with Crippen LogP contribution in [-0.2, 0) is 6.54 Å². The van der Waals surface area contributed by atoms with Crippen LogP contribution in [0.1, 0.15) is 33.3 Å². The largest absolute Gasteiger partial charge is 0.369 e. The Morgan fingerprint density at radius 2 is 1.95 bits per heavy atom. The van der Waals surface area contributed by atoms with Crippen LogP contribution in [0.3, 0.4) is 0 Å². The summed E-state index contributed by atoms with van der Waals surface area (Å²) in [6.45, 7) is 2.44. The Labute approximate surface area is 112 Å². The lowest BCUT2D eigenvalue weighted by atomic mass is 10.1. The number of carbonyl (C=O) groups is 1. The zero-order valence-corrected chi connectivity index (χ0v) is 10.7. The number of hydrogen-bond acceptors (Lipinski definition) is 2. The van der Waals surface area contributed by atoms with Crippen LogP contribution < -0.4 is 0 Å². The number of fused-ring (bicyclic) bond motifs is 1. The van der Waals surface area contributed by atoms with Crippen LogP contribution in [0.4, 0.5) is 0 Å². The summed E-state index contributed by atoms with van der Waals surface area (Å²) in [6.07, 6.45) is -0.843. The monoisotopic (exact) mass is 253 g/mol. The van der Waals surface area contributed by atoms with Crippen LogP contribution in [0.2, 0.25) is 0 Å². The lowest BCUT2D eigenvalue weighted by Crippen LogP contribution is -2.27. The molecule has 1 aliphatic rings. The molecule has 3 rings (SSSR count). The van der Waals surface area contributed by atoms with Crippen LogP contribution in [0.5, 0.6) is 0 Å². The van der Waals surface area contributed by atoms with E-state index in [-0.39, 0.29) is 5.91 Å². The molecule has 19 heavy (non-hydrogen) atoms. The molecule has 0 saturated heterocycles. The quantitative estimate of drug-likeness (QED) is 0.893. The summed E-state index contributed by atoms with van der Waals surface area (Å²) in [5.74, 6) is -0.107. The van der Waals surface area contributed by atoms with Crippen LogP contribution in [-0.4, -0.2) is 15.9 Å². The number of aliphatic hydroxyl groups is 1. The lowest BCUT2D eigenvalue weighted by molar-refractivity contribution is 0.0137. The second-order valence-electron chi connectivity index (χ2n) is 4.88. The number of nitrogens with zero attached hydrogens (tertiary/aromatic N) is 1. The number of hydrogen-bond donors (Lipinski definition) is 1. The van der Waals surface area contributed by atoms with E-state index < -0.39 is 6.23 Å². The summed E-state index contributed by atoms with van der Waals surface area (Å²) in [4.78, 5) is 13.8. The van der Waals surface area contributed by atoms with Gasteiger partial charge >= 0.3 is 0 Å². The first-order valence-electron chi connectivity index (χ1n) is 6.30. The van der Waals surface area contributed by atoms with Gasteiger partial charge in [0, 0.05) is 17.7 Å². The molecule has 1 atom stereocenters. The van der Waals surface area contributed by atoms with E-state index >= 15 is 0 Å². The van der Waals surface area contributed by atoms with E-state index in [4.69, 9.17) is 0 Å². The molecular formula is C16H15NO2. The lowest BCUT2D eigenvalue weighted by Gasteiger charge is -2.21. The highest BCUT2D eigenvalue weighted by Gasteiger charge is 2.34. The summed E-state index contributed by atoms with van der Waals surface area (Å²) in [7, 11) is 0. The van der Waals surface area contributed by atoms with Crippen LogP contribution in [0, 0.1) is 6.92 Å². The Morgan fingerprint density at radius 3 is 2.68 bits per heavy atom. The topological polar surface area (TPSA) is 40.5 Å². The van der Waals surface area contributed by atoms with Crippen LogP contribution >= 0.6 is 0 Å². The predicted octanol–water partition coefficient (Wildman–Crippen LogP) is 2.64. The van der Waals surface area contributed by atoms with E-state index in [9.17, 15) is 9.90 Å². The number of amides is 1. The van der Waals surface area contributed by atoms with Crippen molar-refractivity contribution in [1.82, 2.24) is 4.90 Å². The standard InChI is InChI=1S/C16H15NO2/c1-11-5-4-6-12(9-11)10-17-15(18)13-7-2-3-8-14(13)16(17)19/h2-9,15,18H,10H2,1H3. The van der Waals surface area contributed by atoms with Crippen molar-refractivity contribution in [2.24, 2.45) is 0 Å². The molecule has 2 aromatic rings. The number of benzene rings is 2. The molecule has 1 N–H and O–H groups in total. The highest BCUT2D eigenvalue weighted by molar-refractivity contribution is 5.98. The minimum absolute atomic E-state index is 0.107. The van der Waals surface area contributed by atoms with Gasteiger partial charge in [-0.25, -0.2) is 0 Å². The maximum absolute atomic E-state index is 12.3. The van der Waals surface area contributed by atoms with Gasteiger partial charge in [-0.15, -0.1) is 0 Å². The molecule has 3 heteroatoms. The Morgan fingerprint density at radius 1 is 1.16 bits per heavy atom. The molecule has 0 radical (unpaired) electrons. The molecule has 96 valence electrons. The Kier molecular flexibility index (Phi) is 2.84. The highest BCUT2D eigenvalue weighted by Crippen LogP contribution is 2.32. The molecular weight excluding hydrogens is 238 g/mol. The van der Waals surface area contributed by atoms with Crippen molar-refractivity contribution in [3.8, 4) is 0 Å². The summed E-state index contributed by atoms with van der Waals surface area (Å²) >= 11 is 0. The molecule has 0 saturated carbocycles. The molecule has 1 unspecified atom stereocenters. The van der Waals surface area contributed by atoms with Crippen molar-refractivity contribution >= 4 is 5.91 Å². The normalized spacial score (nSPS) is 17.7. The maximum Gasteiger partial charge on any atom is 0.256 e. The Bertz CT molecular complexity index is 636. The molecule has 1 heterocycles. The van der Waals surface area contributed by atoms with Gasteiger partial charge in [0.05, 0.1) is 0 Å². The van der Waals surface area contributed by atoms with Gasteiger partial charge < -0.3 is 10.0 Å². The fourth-order valence-corrected chi connectivity index (χ4v) is 2.52. The predicted molar refractivity (Wildman–Crippen MR) is 72.5 cm³/mol. The molecule has 3 nitrogen and oxygen atoms in total. The number of aliphatic hydroxyl groups excluding tert-OH is 1. The third-order valence-electron chi connectivity index (χ3n) is 3.46. The van der Waals surface area contributed by atoms with Crippen molar-refractivity contribution in [1.29, 1.82) is 0 Å². The summed E-state index contributed by atoms with van der Waals surface area (Å²) < 4.78 is 0. The van der Waals surface area contributed by atoms with E-state index in [0.717, 1.165) is 11.1 Å². The first-order valence-corrected chi connectivity index (χ1v) is 6.30. The molecule has 2 aromatic carbocycles. The molecule has 0 spiro atoms. The van der Waals surface area contributed by atoms with Crippen molar-refractivity contribution in [2.45, 2.75) is 19.7 Å². The van der Waals surface area contributed by atoms with Crippen molar-refractivity contribution in [2.75, 3.05) is 0 Å². The minimum Gasteiger partial charge on any atom is -0.369 e.